The van der Waals surface area contributed by atoms with E-state index in [-0.39, 0.29) is 0 Å². The molecule has 0 aliphatic carbocycles. The zero-order valence-electron chi connectivity index (χ0n) is 13.2. The van der Waals surface area contributed by atoms with Crippen LogP contribution in [0.15, 0.2) is 42.5 Å². The first-order chi connectivity index (χ1) is 10.3. The summed E-state index contributed by atoms with van der Waals surface area (Å²) >= 11 is 0. The molecular weight excluding hydrogens is 256 g/mol. The molecule has 1 N–H and O–H groups in total. The van der Waals surface area contributed by atoms with Crippen molar-refractivity contribution < 1.29 is 0 Å². The molecule has 2 atom stereocenters. The van der Waals surface area contributed by atoms with Crippen molar-refractivity contribution in [3.63, 3.8) is 0 Å². The summed E-state index contributed by atoms with van der Waals surface area (Å²) in [4.78, 5) is 2.60. The summed E-state index contributed by atoms with van der Waals surface area (Å²) < 4.78 is 0. The third kappa shape index (κ3) is 3.45. The molecule has 21 heavy (non-hydrogen) atoms. The molecule has 112 valence electrons. The number of likely N-dealkylation sites (N-methyl/N-ethyl adjacent to an activating group) is 1. The Morgan fingerprint density at radius 1 is 1.19 bits per heavy atom. The van der Waals surface area contributed by atoms with E-state index >= 15 is 0 Å². The van der Waals surface area contributed by atoms with Gasteiger partial charge in [0.25, 0.3) is 0 Å². The van der Waals surface area contributed by atoms with Gasteiger partial charge in [0.15, 0.2) is 0 Å². The van der Waals surface area contributed by atoms with Gasteiger partial charge in [-0.25, -0.2) is 0 Å². The first-order valence-corrected chi connectivity index (χ1v) is 8.20. The summed E-state index contributed by atoms with van der Waals surface area (Å²) in [6.07, 6.45) is 1.34. The highest BCUT2D eigenvalue weighted by Gasteiger charge is 2.22. The minimum atomic E-state index is 0.435. The zero-order valence-corrected chi connectivity index (χ0v) is 13.2. The van der Waals surface area contributed by atoms with Gasteiger partial charge in [0, 0.05) is 19.1 Å². The Morgan fingerprint density at radius 3 is 2.71 bits per heavy atom. The summed E-state index contributed by atoms with van der Waals surface area (Å²) in [7, 11) is 0. The van der Waals surface area contributed by atoms with Crippen molar-refractivity contribution in [1.29, 1.82) is 0 Å². The van der Waals surface area contributed by atoms with Gasteiger partial charge in [-0.2, -0.15) is 0 Å². The van der Waals surface area contributed by atoms with Gasteiger partial charge in [0.2, 0.25) is 0 Å². The van der Waals surface area contributed by atoms with Crippen LogP contribution in [0.2, 0.25) is 0 Å². The van der Waals surface area contributed by atoms with Crippen molar-refractivity contribution in [1.82, 2.24) is 10.2 Å². The fourth-order valence-corrected chi connectivity index (χ4v) is 3.41. The van der Waals surface area contributed by atoms with Gasteiger partial charge in [0.1, 0.15) is 0 Å². The molecule has 1 aliphatic rings. The van der Waals surface area contributed by atoms with E-state index in [1.165, 1.54) is 35.8 Å². The molecule has 1 saturated heterocycles. The number of nitrogens with zero attached hydrogens (tertiary/aromatic N) is 1. The molecule has 0 radical (unpaired) electrons. The summed E-state index contributed by atoms with van der Waals surface area (Å²) in [6, 6.07) is 15.9. The summed E-state index contributed by atoms with van der Waals surface area (Å²) in [5.41, 5.74) is 1.41. The van der Waals surface area contributed by atoms with Crippen LogP contribution in [0.3, 0.4) is 0 Å². The van der Waals surface area contributed by atoms with Crippen molar-refractivity contribution >= 4 is 10.8 Å². The third-order valence-electron chi connectivity index (χ3n) is 4.58. The van der Waals surface area contributed by atoms with Crippen LogP contribution in [-0.4, -0.2) is 31.1 Å². The first kappa shape index (κ1) is 14.6. The third-order valence-corrected chi connectivity index (χ3v) is 4.58. The van der Waals surface area contributed by atoms with Gasteiger partial charge in [0.05, 0.1) is 0 Å². The van der Waals surface area contributed by atoms with Crippen LogP contribution in [0.4, 0.5) is 0 Å². The van der Waals surface area contributed by atoms with Crippen LogP contribution >= 0.6 is 0 Å². The number of fused-ring (bicyclic) bond motifs is 1. The highest BCUT2D eigenvalue weighted by Crippen LogP contribution is 2.23. The molecule has 0 bridgehead atoms. The molecule has 1 aliphatic heterocycles. The minimum absolute atomic E-state index is 0.435. The van der Waals surface area contributed by atoms with E-state index in [1.807, 2.05) is 0 Å². The van der Waals surface area contributed by atoms with Gasteiger partial charge < -0.3 is 10.2 Å². The van der Waals surface area contributed by atoms with Gasteiger partial charge in [-0.1, -0.05) is 50.2 Å². The van der Waals surface area contributed by atoms with E-state index in [9.17, 15) is 0 Å². The summed E-state index contributed by atoms with van der Waals surface area (Å²) in [5, 5.41) is 6.33. The Labute approximate surface area is 128 Å². The SMILES string of the molecule is CCNC(CN1CCC(C)C1)c1ccc2ccccc2c1. The maximum Gasteiger partial charge on any atom is 0.0449 e. The van der Waals surface area contributed by atoms with Crippen molar-refractivity contribution in [2.24, 2.45) is 5.92 Å². The number of hydrogen-bond donors (Lipinski definition) is 1. The second-order valence-corrected chi connectivity index (χ2v) is 6.37. The predicted octanol–water partition coefficient (Wildman–Crippen LogP) is 3.83. The second kappa shape index (κ2) is 6.59. The van der Waals surface area contributed by atoms with Crippen molar-refractivity contribution in [2.75, 3.05) is 26.2 Å². The maximum absolute atomic E-state index is 3.66. The lowest BCUT2D eigenvalue weighted by Gasteiger charge is -2.25. The fraction of sp³-hybridized carbons (Fsp3) is 0.474. The lowest BCUT2D eigenvalue weighted by atomic mass is 10.0. The molecule has 2 nitrogen and oxygen atoms in total. The highest BCUT2D eigenvalue weighted by atomic mass is 15.2. The van der Waals surface area contributed by atoms with E-state index in [4.69, 9.17) is 0 Å². The van der Waals surface area contributed by atoms with Gasteiger partial charge in [-0.3, -0.25) is 0 Å². The van der Waals surface area contributed by atoms with E-state index < -0.39 is 0 Å². The monoisotopic (exact) mass is 282 g/mol. The predicted molar refractivity (Wildman–Crippen MR) is 90.6 cm³/mol. The van der Waals surface area contributed by atoms with E-state index in [0.717, 1.165) is 19.0 Å². The molecule has 0 spiro atoms. The molecular formula is C19H26N2. The van der Waals surface area contributed by atoms with Crippen LogP contribution in [0, 0.1) is 5.92 Å². The zero-order chi connectivity index (χ0) is 14.7. The molecule has 2 unspecified atom stereocenters. The van der Waals surface area contributed by atoms with Crippen LogP contribution < -0.4 is 5.32 Å². The van der Waals surface area contributed by atoms with Crippen molar-refractivity contribution in [3.8, 4) is 0 Å². The number of likely N-dealkylation sites (tertiary alicyclic amines) is 1. The molecule has 2 heteroatoms. The van der Waals surface area contributed by atoms with Crippen LogP contribution in [-0.2, 0) is 0 Å². The quantitative estimate of drug-likeness (QED) is 0.896. The molecule has 2 aromatic rings. The van der Waals surface area contributed by atoms with Crippen LogP contribution in [0.1, 0.15) is 31.9 Å². The molecule has 1 fully saturated rings. The van der Waals surface area contributed by atoms with Crippen LogP contribution in [0.25, 0.3) is 10.8 Å². The molecule has 3 rings (SSSR count). The lowest BCUT2D eigenvalue weighted by Crippen LogP contribution is -2.34. The Morgan fingerprint density at radius 2 is 2.00 bits per heavy atom. The lowest BCUT2D eigenvalue weighted by molar-refractivity contribution is 0.286. The Hall–Kier alpha value is -1.38. The highest BCUT2D eigenvalue weighted by molar-refractivity contribution is 5.83. The number of benzene rings is 2. The second-order valence-electron chi connectivity index (χ2n) is 6.37. The van der Waals surface area contributed by atoms with E-state index in [0.29, 0.717) is 6.04 Å². The fourth-order valence-electron chi connectivity index (χ4n) is 3.41. The largest absolute Gasteiger partial charge is 0.309 e. The minimum Gasteiger partial charge on any atom is -0.309 e. The maximum atomic E-state index is 3.66. The average molecular weight is 282 g/mol. The van der Waals surface area contributed by atoms with Gasteiger partial charge >= 0.3 is 0 Å². The number of nitrogens with one attached hydrogen (secondary N) is 1. The van der Waals surface area contributed by atoms with Gasteiger partial charge in [-0.05, 0) is 47.8 Å². The van der Waals surface area contributed by atoms with Crippen molar-refractivity contribution in [3.05, 3.63) is 48.0 Å². The molecule has 1 heterocycles. The van der Waals surface area contributed by atoms with Crippen LogP contribution in [0.5, 0.6) is 0 Å². The normalized spacial score (nSPS) is 21.0. The Kier molecular flexibility index (Phi) is 4.57. The first-order valence-electron chi connectivity index (χ1n) is 8.20. The molecule has 0 amide bonds. The molecule has 0 aromatic heterocycles. The molecule has 0 saturated carbocycles. The Balaban J connectivity index is 1.80. The topological polar surface area (TPSA) is 15.3 Å². The van der Waals surface area contributed by atoms with Crippen molar-refractivity contribution in [2.45, 2.75) is 26.3 Å². The van der Waals surface area contributed by atoms with E-state index in [2.05, 4.69) is 66.5 Å². The Bertz CT molecular complexity index is 593. The number of hydrogen-bond acceptors (Lipinski definition) is 2. The van der Waals surface area contributed by atoms with Gasteiger partial charge in [-0.15, -0.1) is 0 Å². The summed E-state index contributed by atoms with van der Waals surface area (Å²) in [5.74, 6) is 0.851. The summed E-state index contributed by atoms with van der Waals surface area (Å²) in [6.45, 7) is 9.18. The number of rotatable bonds is 5. The standard InChI is InChI=1S/C19H26N2/c1-3-20-19(14-21-11-10-15(2)13-21)18-9-8-16-6-4-5-7-17(16)12-18/h4-9,12,15,19-20H,3,10-11,13-14H2,1-2H3. The van der Waals surface area contributed by atoms with E-state index in [1.54, 1.807) is 0 Å². The average Bonchev–Trinajstić information content (AvgIpc) is 2.91. The molecule has 2 aromatic carbocycles. The smallest absolute Gasteiger partial charge is 0.0449 e.